The lowest BCUT2D eigenvalue weighted by Gasteiger charge is -2.20. The number of nitrogens with one attached hydrogen (secondary N) is 1. The molecule has 0 heterocycles. The number of hydrazine groups is 1. The third-order valence-electron chi connectivity index (χ3n) is 3.12. The fourth-order valence-corrected chi connectivity index (χ4v) is 2.45. The van der Waals surface area contributed by atoms with Gasteiger partial charge in [-0.15, -0.1) is 0 Å². The number of rotatable bonds is 4. The van der Waals surface area contributed by atoms with Crippen molar-refractivity contribution in [1.82, 2.24) is 5.43 Å². The number of nitrogen functional groups attached to an aromatic ring is 1. The number of hydrogen-bond donors (Lipinski definition) is 2. The summed E-state index contributed by atoms with van der Waals surface area (Å²) in [6, 6.07) is 11.6. The van der Waals surface area contributed by atoms with Gasteiger partial charge in [0.15, 0.2) is 0 Å². The molecule has 0 saturated carbocycles. The van der Waals surface area contributed by atoms with Gasteiger partial charge in [0, 0.05) is 29.3 Å². The Bertz CT molecular complexity index is 646. The van der Waals surface area contributed by atoms with Crippen LogP contribution in [0.2, 0.25) is 0 Å². The van der Waals surface area contributed by atoms with Crippen LogP contribution >= 0.6 is 15.9 Å². The largest absolute Gasteiger partial charge is 0.370 e. The predicted octanol–water partition coefficient (Wildman–Crippen LogP) is 2.83. The van der Waals surface area contributed by atoms with Gasteiger partial charge in [-0.25, -0.2) is 10.2 Å². The minimum atomic E-state index is -0.339. The number of anilines is 1. The summed E-state index contributed by atoms with van der Waals surface area (Å²) in [6.07, 6.45) is 0. The number of carbonyl (C=O) groups excluding carboxylic acids is 1. The quantitative estimate of drug-likeness (QED) is 0.505. The van der Waals surface area contributed by atoms with Gasteiger partial charge < -0.3 is 4.90 Å². The van der Waals surface area contributed by atoms with E-state index in [2.05, 4.69) is 21.4 Å². The average Bonchev–Trinajstić information content (AvgIpc) is 2.49. The summed E-state index contributed by atoms with van der Waals surface area (Å²) in [6.45, 7) is 0.622. The van der Waals surface area contributed by atoms with Crippen molar-refractivity contribution in [2.75, 3.05) is 11.9 Å². The Kier molecular flexibility index (Phi) is 4.93. The van der Waals surface area contributed by atoms with Gasteiger partial charge >= 0.3 is 0 Å². The fraction of sp³-hybridized carbons (Fsp3) is 0.133. The maximum absolute atomic E-state index is 12.9. The molecule has 0 aliphatic rings. The molecule has 21 heavy (non-hydrogen) atoms. The number of carbonyl (C=O) groups is 1. The van der Waals surface area contributed by atoms with E-state index in [1.807, 2.05) is 18.0 Å². The molecule has 2 aromatic carbocycles. The molecule has 0 radical (unpaired) electrons. The van der Waals surface area contributed by atoms with Crippen molar-refractivity contribution < 1.29 is 9.18 Å². The normalized spacial score (nSPS) is 10.3. The zero-order valence-corrected chi connectivity index (χ0v) is 13.0. The Morgan fingerprint density at radius 3 is 2.52 bits per heavy atom. The summed E-state index contributed by atoms with van der Waals surface area (Å²) < 4.78 is 13.7. The van der Waals surface area contributed by atoms with Crippen molar-refractivity contribution in [1.29, 1.82) is 0 Å². The SMILES string of the molecule is CN(Cc1ccc(C(=O)NN)cc1Br)c1ccc(F)cc1. The molecule has 3 N–H and O–H groups in total. The van der Waals surface area contributed by atoms with Gasteiger partial charge in [0.05, 0.1) is 0 Å². The molecule has 4 nitrogen and oxygen atoms in total. The Labute approximate surface area is 130 Å². The van der Waals surface area contributed by atoms with Gasteiger partial charge in [-0.2, -0.15) is 0 Å². The summed E-state index contributed by atoms with van der Waals surface area (Å²) in [4.78, 5) is 13.4. The van der Waals surface area contributed by atoms with E-state index in [9.17, 15) is 9.18 Å². The smallest absolute Gasteiger partial charge is 0.265 e. The highest BCUT2D eigenvalue weighted by atomic mass is 79.9. The molecule has 2 aromatic rings. The van der Waals surface area contributed by atoms with Crippen LogP contribution in [0.15, 0.2) is 46.9 Å². The van der Waals surface area contributed by atoms with Gasteiger partial charge in [0.1, 0.15) is 5.82 Å². The van der Waals surface area contributed by atoms with Crippen LogP contribution in [0, 0.1) is 5.82 Å². The third-order valence-corrected chi connectivity index (χ3v) is 3.86. The molecule has 0 fully saturated rings. The van der Waals surface area contributed by atoms with E-state index in [4.69, 9.17) is 5.84 Å². The second-order valence-corrected chi connectivity index (χ2v) is 5.47. The van der Waals surface area contributed by atoms with Gasteiger partial charge in [-0.1, -0.05) is 22.0 Å². The molecule has 6 heteroatoms. The van der Waals surface area contributed by atoms with Crippen LogP contribution in [0.5, 0.6) is 0 Å². The zero-order chi connectivity index (χ0) is 15.4. The second-order valence-electron chi connectivity index (χ2n) is 4.61. The van der Waals surface area contributed by atoms with Gasteiger partial charge in [0.2, 0.25) is 0 Å². The van der Waals surface area contributed by atoms with Gasteiger partial charge in [-0.05, 0) is 42.0 Å². The fourth-order valence-electron chi connectivity index (χ4n) is 1.94. The first-order valence-electron chi connectivity index (χ1n) is 6.27. The van der Waals surface area contributed by atoms with Crippen molar-refractivity contribution in [3.8, 4) is 0 Å². The Balaban J connectivity index is 2.15. The molecule has 0 bridgehead atoms. The Hall–Kier alpha value is -1.92. The number of hydrogen-bond acceptors (Lipinski definition) is 3. The summed E-state index contributed by atoms with van der Waals surface area (Å²) in [5.74, 6) is 4.51. The average molecular weight is 352 g/mol. The highest BCUT2D eigenvalue weighted by Gasteiger charge is 2.09. The van der Waals surface area contributed by atoms with Crippen LogP contribution in [0.25, 0.3) is 0 Å². The number of nitrogens with zero attached hydrogens (tertiary/aromatic N) is 1. The molecular weight excluding hydrogens is 337 g/mol. The number of halogens is 2. The lowest BCUT2D eigenvalue weighted by molar-refractivity contribution is 0.0953. The standard InChI is InChI=1S/C15H15BrFN3O/c1-20(13-6-4-12(17)5-7-13)9-11-3-2-10(8-14(11)16)15(21)19-18/h2-8H,9,18H2,1H3,(H,19,21). The van der Waals surface area contributed by atoms with Crippen LogP contribution < -0.4 is 16.2 Å². The molecule has 110 valence electrons. The lowest BCUT2D eigenvalue weighted by atomic mass is 10.1. The van der Waals surface area contributed by atoms with Crippen LogP contribution in [0.1, 0.15) is 15.9 Å². The van der Waals surface area contributed by atoms with E-state index in [1.165, 1.54) is 12.1 Å². The minimum Gasteiger partial charge on any atom is -0.370 e. The molecule has 1 amide bonds. The van der Waals surface area contributed by atoms with Crippen LogP contribution in [0.4, 0.5) is 10.1 Å². The maximum atomic E-state index is 12.9. The first kappa shape index (κ1) is 15.5. The lowest BCUT2D eigenvalue weighted by Crippen LogP contribution is -2.30. The van der Waals surface area contributed by atoms with Crippen molar-refractivity contribution in [2.24, 2.45) is 5.84 Å². The molecule has 0 unspecified atom stereocenters. The van der Waals surface area contributed by atoms with E-state index in [0.29, 0.717) is 12.1 Å². The Morgan fingerprint density at radius 2 is 1.95 bits per heavy atom. The third kappa shape index (κ3) is 3.80. The van der Waals surface area contributed by atoms with Crippen molar-refractivity contribution in [3.63, 3.8) is 0 Å². The first-order chi connectivity index (χ1) is 10.0. The van der Waals surface area contributed by atoms with E-state index in [-0.39, 0.29) is 11.7 Å². The molecule has 0 aromatic heterocycles. The highest BCUT2D eigenvalue weighted by Crippen LogP contribution is 2.22. The molecule has 0 atom stereocenters. The molecule has 0 spiro atoms. The first-order valence-corrected chi connectivity index (χ1v) is 7.06. The van der Waals surface area contributed by atoms with E-state index >= 15 is 0 Å². The summed E-state index contributed by atoms with van der Waals surface area (Å²) >= 11 is 3.45. The number of amides is 1. The second kappa shape index (κ2) is 6.69. The molecule has 2 rings (SSSR count). The topological polar surface area (TPSA) is 58.4 Å². The predicted molar refractivity (Wildman–Crippen MR) is 84.3 cm³/mol. The van der Waals surface area contributed by atoms with Gasteiger partial charge in [-0.3, -0.25) is 10.2 Å². The van der Waals surface area contributed by atoms with Gasteiger partial charge in [0.25, 0.3) is 5.91 Å². The van der Waals surface area contributed by atoms with Crippen LogP contribution in [-0.2, 0) is 6.54 Å². The highest BCUT2D eigenvalue weighted by molar-refractivity contribution is 9.10. The van der Waals surface area contributed by atoms with Crippen molar-refractivity contribution in [2.45, 2.75) is 6.54 Å². The van der Waals surface area contributed by atoms with Crippen LogP contribution in [-0.4, -0.2) is 13.0 Å². The summed E-state index contributed by atoms with van der Waals surface area (Å²) in [5.41, 5.74) is 4.50. The summed E-state index contributed by atoms with van der Waals surface area (Å²) in [7, 11) is 1.92. The number of benzene rings is 2. The van der Waals surface area contributed by atoms with Crippen molar-refractivity contribution in [3.05, 3.63) is 63.9 Å². The van der Waals surface area contributed by atoms with E-state index in [0.717, 1.165) is 15.7 Å². The minimum absolute atomic E-state index is 0.259. The Morgan fingerprint density at radius 1 is 1.29 bits per heavy atom. The molecule has 0 aliphatic carbocycles. The number of nitrogens with two attached hydrogens (primary N) is 1. The van der Waals surface area contributed by atoms with Crippen molar-refractivity contribution >= 4 is 27.5 Å². The molecule has 0 saturated heterocycles. The molecular formula is C15H15BrFN3O. The monoisotopic (exact) mass is 351 g/mol. The van der Waals surface area contributed by atoms with E-state index in [1.54, 1.807) is 24.3 Å². The molecule has 0 aliphatic heterocycles. The summed E-state index contributed by atoms with van der Waals surface area (Å²) in [5, 5.41) is 0. The van der Waals surface area contributed by atoms with E-state index < -0.39 is 0 Å². The zero-order valence-electron chi connectivity index (χ0n) is 11.4. The van der Waals surface area contributed by atoms with Crippen LogP contribution in [0.3, 0.4) is 0 Å². The maximum Gasteiger partial charge on any atom is 0.265 e.